The molecule has 58 heavy (non-hydrogen) atoms. The quantitative estimate of drug-likeness (QED) is 0.0246. The summed E-state index contributed by atoms with van der Waals surface area (Å²) in [7, 11) is 0. The second kappa shape index (κ2) is 47.2. The number of hydrogen-bond donors (Lipinski definition) is 3. The van der Waals surface area contributed by atoms with Crippen LogP contribution in [-0.4, -0.2) is 47.4 Å². The highest BCUT2D eigenvalue weighted by atomic mass is 16.5. The molecular formula is C52H93NO5. The summed E-state index contributed by atoms with van der Waals surface area (Å²) in [6, 6.07) is -0.645. The van der Waals surface area contributed by atoms with Gasteiger partial charge in [-0.15, -0.1) is 0 Å². The zero-order valence-electron chi connectivity index (χ0n) is 38.0. The number of hydrogen-bond acceptors (Lipinski definition) is 5. The van der Waals surface area contributed by atoms with E-state index in [1.165, 1.54) is 116 Å². The highest BCUT2D eigenvalue weighted by Crippen LogP contribution is 2.13. The minimum atomic E-state index is -0.859. The molecule has 336 valence electrons. The molecule has 0 aromatic heterocycles. The Bertz CT molecular complexity index is 1030. The average Bonchev–Trinajstić information content (AvgIpc) is 3.22. The molecule has 6 nitrogen and oxygen atoms in total. The first-order chi connectivity index (χ1) is 28.5. The van der Waals surface area contributed by atoms with Crippen LogP contribution in [0.2, 0.25) is 0 Å². The highest BCUT2D eigenvalue weighted by Gasteiger charge is 2.18. The van der Waals surface area contributed by atoms with Crippen molar-refractivity contribution in [2.45, 2.75) is 244 Å². The number of ether oxygens (including phenoxy) is 1. The molecule has 0 aliphatic heterocycles. The maximum atomic E-state index is 12.4. The van der Waals surface area contributed by atoms with Gasteiger partial charge in [-0.1, -0.05) is 184 Å². The molecule has 6 heteroatoms. The molecule has 3 N–H and O–H groups in total. The summed E-state index contributed by atoms with van der Waals surface area (Å²) in [5.74, 6) is -0.133. The van der Waals surface area contributed by atoms with Crippen LogP contribution in [0.5, 0.6) is 0 Å². The van der Waals surface area contributed by atoms with Gasteiger partial charge in [-0.3, -0.25) is 9.59 Å². The summed E-state index contributed by atoms with van der Waals surface area (Å²) < 4.78 is 5.43. The van der Waals surface area contributed by atoms with Gasteiger partial charge < -0.3 is 20.3 Å². The molecule has 0 aromatic rings. The molecule has 0 aliphatic carbocycles. The van der Waals surface area contributed by atoms with Gasteiger partial charge in [0.15, 0.2) is 0 Å². The first-order valence-corrected chi connectivity index (χ1v) is 24.6. The normalized spacial score (nSPS) is 13.2. The Morgan fingerprint density at radius 3 is 1.45 bits per heavy atom. The molecule has 0 heterocycles. The van der Waals surface area contributed by atoms with E-state index in [2.05, 4.69) is 67.8 Å². The maximum absolute atomic E-state index is 12.4. The largest absolute Gasteiger partial charge is 0.466 e. The lowest BCUT2D eigenvalue weighted by atomic mass is 10.1. The van der Waals surface area contributed by atoms with Crippen molar-refractivity contribution in [3.8, 4) is 0 Å². The van der Waals surface area contributed by atoms with Crippen LogP contribution in [0.4, 0.5) is 0 Å². The Morgan fingerprint density at radius 1 is 0.500 bits per heavy atom. The molecule has 0 saturated heterocycles. The van der Waals surface area contributed by atoms with Crippen LogP contribution in [0.25, 0.3) is 0 Å². The van der Waals surface area contributed by atoms with Gasteiger partial charge in [-0.05, 0) is 96.3 Å². The molecule has 2 atom stereocenters. The number of carbonyl (C=O) groups is 2. The van der Waals surface area contributed by atoms with Gasteiger partial charge in [-0.2, -0.15) is 0 Å². The molecular weight excluding hydrogens is 719 g/mol. The summed E-state index contributed by atoms with van der Waals surface area (Å²) in [5.41, 5.74) is 0. The van der Waals surface area contributed by atoms with Crippen molar-refractivity contribution >= 4 is 11.9 Å². The number of aliphatic hydroxyl groups is 2. The number of unbranched alkanes of at least 4 members (excludes halogenated alkanes) is 26. The van der Waals surface area contributed by atoms with Crippen molar-refractivity contribution in [2.75, 3.05) is 13.2 Å². The molecule has 0 aromatic carbocycles. The van der Waals surface area contributed by atoms with E-state index in [1.807, 2.05) is 6.08 Å². The van der Waals surface area contributed by atoms with Gasteiger partial charge in [0, 0.05) is 12.8 Å². The number of amides is 1. The lowest BCUT2D eigenvalue weighted by Gasteiger charge is -2.20. The average molecular weight is 812 g/mol. The third-order valence-electron chi connectivity index (χ3n) is 10.8. The Hall–Kier alpha value is -2.44. The van der Waals surface area contributed by atoms with Crippen molar-refractivity contribution in [3.63, 3.8) is 0 Å². The smallest absolute Gasteiger partial charge is 0.305 e. The minimum absolute atomic E-state index is 0.0384. The Morgan fingerprint density at radius 2 is 0.914 bits per heavy atom. The van der Waals surface area contributed by atoms with Gasteiger partial charge in [-0.25, -0.2) is 0 Å². The lowest BCUT2D eigenvalue weighted by Crippen LogP contribution is -2.45. The van der Waals surface area contributed by atoms with Crippen LogP contribution in [0, 0.1) is 0 Å². The predicted octanol–water partition coefficient (Wildman–Crippen LogP) is 14.5. The molecule has 0 bridgehead atoms. The van der Waals surface area contributed by atoms with Crippen molar-refractivity contribution in [1.82, 2.24) is 5.32 Å². The summed E-state index contributed by atoms with van der Waals surface area (Å²) in [6.45, 7) is 4.78. The first-order valence-electron chi connectivity index (χ1n) is 24.6. The van der Waals surface area contributed by atoms with Gasteiger partial charge in [0.25, 0.3) is 0 Å². The second-order valence-electron chi connectivity index (χ2n) is 16.5. The van der Waals surface area contributed by atoms with Gasteiger partial charge in [0.05, 0.1) is 25.4 Å². The van der Waals surface area contributed by atoms with Crippen LogP contribution < -0.4 is 5.32 Å². The van der Waals surface area contributed by atoms with Crippen molar-refractivity contribution < 1.29 is 24.5 Å². The molecule has 0 saturated carbocycles. The number of allylic oxidation sites excluding steroid dienone is 9. The number of nitrogens with one attached hydrogen (secondary N) is 1. The Balaban J connectivity index is 3.57. The summed E-state index contributed by atoms with van der Waals surface area (Å²) >= 11 is 0. The van der Waals surface area contributed by atoms with Gasteiger partial charge in [0.2, 0.25) is 5.91 Å². The molecule has 0 rings (SSSR count). The van der Waals surface area contributed by atoms with E-state index in [4.69, 9.17) is 4.74 Å². The topological polar surface area (TPSA) is 95.9 Å². The van der Waals surface area contributed by atoms with Gasteiger partial charge in [0.1, 0.15) is 0 Å². The molecule has 1 amide bonds. The second-order valence-corrected chi connectivity index (χ2v) is 16.5. The van der Waals surface area contributed by atoms with E-state index in [0.29, 0.717) is 19.4 Å². The summed E-state index contributed by atoms with van der Waals surface area (Å²) in [5, 5.41) is 22.9. The molecule has 0 spiro atoms. The first kappa shape index (κ1) is 55.6. The number of carbonyl (C=O) groups excluding carboxylic acids is 2. The van der Waals surface area contributed by atoms with E-state index in [0.717, 1.165) is 89.9 Å². The fourth-order valence-corrected chi connectivity index (χ4v) is 6.94. The zero-order chi connectivity index (χ0) is 42.3. The number of esters is 1. The molecule has 2 unspecified atom stereocenters. The van der Waals surface area contributed by atoms with E-state index in [9.17, 15) is 19.8 Å². The van der Waals surface area contributed by atoms with Gasteiger partial charge >= 0.3 is 5.97 Å². The van der Waals surface area contributed by atoms with Crippen LogP contribution in [-0.2, 0) is 14.3 Å². The number of rotatable bonds is 44. The lowest BCUT2D eigenvalue weighted by molar-refractivity contribution is -0.143. The van der Waals surface area contributed by atoms with Crippen molar-refractivity contribution in [1.29, 1.82) is 0 Å². The predicted molar refractivity (Wildman–Crippen MR) is 250 cm³/mol. The maximum Gasteiger partial charge on any atom is 0.305 e. The van der Waals surface area contributed by atoms with Crippen molar-refractivity contribution in [3.05, 3.63) is 60.8 Å². The monoisotopic (exact) mass is 812 g/mol. The van der Waals surface area contributed by atoms with Crippen LogP contribution in [0.1, 0.15) is 232 Å². The van der Waals surface area contributed by atoms with E-state index in [1.54, 1.807) is 6.08 Å². The SMILES string of the molecule is CCCCC/C=C\C/C=C\CCCCCCCC(=O)OCCCCC/C=C\C=C/CCCCCCCCC(=O)NC(CO)C(O)/C=C/CCCCCCCCCCC. The van der Waals surface area contributed by atoms with Crippen LogP contribution in [0.15, 0.2) is 60.8 Å². The molecule has 0 radical (unpaired) electrons. The van der Waals surface area contributed by atoms with Crippen LogP contribution in [0.3, 0.4) is 0 Å². The fourth-order valence-electron chi connectivity index (χ4n) is 6.94. The fraction of sp³-hybridized carbons (Fsp3) is 0.769. The summed E-state index contributed by atoms with van der Waals surface area (Å²) in [4.78, 5) is 24.4. The van der Waals surface area contributed by atoms with E-state index < -0.39 is 12.1 Å². The minimum Gasteiger partial charge on any atom is -0.466 e. The van der Waals surface area contributed by atoms with E-state index >= 15 is 0 Å². The highest BCUT2D eigenvalue weighted by molar-refractivity contribution is 5.76. The Labute approximate surface area is 358 Å². The summed E-state index contributed by atoms with van der Waals surface area (Å²) in [6.07, 6.45) is 59.3. The van der Waals surface area contributed by atoms with Crippen molar-refractivity contribution in [2.24, 2.45) is 0 Å². The standard InChI is InChI=1S/C52H93NO5/c1-3-5-7-9-11-13-15-16-18-22-26-30-34-38-42-46-52(57)58-47-43-39-35-31-27-23-20-17-19-21-25-29-33-37-41-45-51(56)53-49(48-54)50(55)44-40-36-32-28-24-14-12-10-8-6-4-2/h11,13,16-18,20,23,27,40,44,49-50,54-55H,3-10,12,14-15,19,21-22,24-26,28-39,41-43,45-48H2,1-2H3,(H,53,56)/b13-11-,18-16-,20-17-,27-23-,44-40+. The van der Waals surface area contributed by atoms with E-state index in [-0.39, 0.29) is 18.5 Å². The molecule has 0 fully saturated rings. The zero-order valence-corrected chi connectivity index (χ0v) is 38.0. The molecule has 0 aliphatic rings. The third kappa shape index (κ3) is 43.1. The Kier molecular flexibility index (Phi) is 45.3. The number of aliphatic hydroxyl groups excluding tert-OH is 2. The third-order valence-corrected chi connectivity index (χ3v) is 10.8. The van der Waals surface area contributed by atoms with Crippen LogP contribution >= 0.6 is 0 Å².